The van der Waals surface area contributed by atoms with Crippen LogP contribution < -0.4 is 11.1 Å². The van der Waals surface area contributed by atoms with Crippen molar-refractivity contribution in [1.82, 2.24) is 4.98 Å². The van der Waals surface area contributed by atoms with Gasteiger partial charge in [-0.2, -0.15) is 0 Å². The van der Waals surface area contributed by atoms with Gasteiger partial charge in [0, 0.05) is 22.0 Å². The molecule has 1 aromatic heterocycles. The van der Waals surface area contributed by atoms with Gasteiger partial charge in [-0.3, -0.25) is 0 Å². The predicted molar refractivity (Wildman–Crippen MR) is 129 cm³/mol. The first-order valence-electron chi connectivity index (χ1n) is 9.70. The molecule has 150 valence electrons. The molecule has 0 atom stereocenters. The van der Waals surface area contributed by atoms with Gasteiger partial charge < -0.3 is 11.1 Å². The van der Waals surface area contributed by atoms with Crippen molar-refractivity contribution >= 4 is 33.8 Å². The molecular weight excluding hydrogens is 410 g/mol. The quantitative estimate of drug-likeness (QED) is 0.323. The largest absolute Gasteiger partial charge is 0.403 e. The number of aromatic nitrogens is 1. The van der Waals surface area contributed by atoms with E-state index in [0.717, 1.165) is 45.4 Å². The smallest absolute Gasteiger partial charge is 0.188 e. The third-order valence-corrected chi connectivity index (χ3v) is 5.99. The number of allylic oxidation sites excluding steroid dienone is 1. The first-order chi connectivity index (χ1) is 14.6. The Morgan fingerprint density at radius 3 is 2.30 bits per heavy atom. The Kier molecular flexibility index (Phi) is 6.17. The van der Waals surface area contributed by atoms with Gasteiger partial charge in [0.25, 0.3) is 0 Å². The van der Waals surface area contributed by atoms with Crippen LogP contribution in [-0.2, 0) is 6.42 Å². The lowest BCUT2D eigenvalue weighted by Gasteiger charge is -2.05. The summed E-state index contributed by atoms with van der Waals surface area (Å²) < 4.78 is 0. The number of anilines is 2. The summed E-state index contributed by atoms with van der Waals surface area (Å²) in [5.74, 6) is 0. The summed E-state index contributed by atoms with van der Waals surface area (Å²) >= 11 is 7.72. The maximum atomic E-state index is 6.08. The minimum absolute atomic E-state index is 0.711. The van der Waals surface area contributed by atoms with E-state index in [2.05, 4.69) is 48.3 Å². The van der Waals surface area contributed by atoms with Crippen molar-refractivity contribution in [1.29, 1.82) is 0 Å². The molecule has 0 bridgehead atoms. The van der Waals surface area contributed by atoms with E-state index in [-0.39, 0.29) is 0 Å². The van der Waals surface area contributed by atoms with Crippen LogP contribution >= 0.6 is 22.9 Å². The number of halogens is 1. The van der Waals surface area contributed by atoms with Crippen LogP contribution in [0.15, 0.2) is 91.1 Å². The number of nitrogens with two attached hydrogens (primary N) is 1. The molecule has 0 aliphatic rings. The van der Waals surface area contributed by atoms with Gasteiger partial charge in [-0.15, -0.1) is 0 Å². The molecule has 4 rings (SSSR count). The van der Waals surface area contributed by atoms with E-state index < -0.39 is 0 Å². The van der Waals surface area contributed by atoms with Crippen LogP contribution in [0, 0.1) is 0 Å². The molecule has 0 unspecified atom stereocenters. The fraction of sp³-hybridized carbons (Fsp3) is 0.0800. The summed E-state index contributed by atoms with van der Waals surface area (Å²) in [4.78, 5) is 6.02. The molecule has 0 radical (unpaired) electrons. The van der Waals surface area contributed by atoms with Crippen molar-refractivity contribution in [2.75, 3.05) is 5.32 Å². The van der Waals surface area contributed by atoms with E-state index in [1.165, 1.54) is 5.56 Å². The van der Waals surface area contributed by atoms with Crippen molar-refractivity contribution in [3.63, 3.8) is 0 Å². The van der Waals surface area contributed by atoms with Gasteiger partial charge in [-0.1, -0.05) is 84.1 Å². The molecule has 0 spiro atoms. The first-order valence-corrected chi connectivity index (χ1v) is 10.9. The fourth-order valence-corrected chi connectivity index (χ4v) is 4.28. The van der Waals surface area contributed by atoms with Gasteiger partial charge in [0.1, 0.15) is 0 Å². The predicted octanol–water partition coefficient (Wildman–Crippen LogP) is 7.28. The average Bonchev–Trinajstić information content (AvgIpc) is 3.18. The molecule has 0 aliphatic carbocycles. The molecule has 1 heterocycles. The van der Waals surface area contributed by atoms with Gasteiger partial charge >= 0.3 is 0 Å². The van der Waals surface area contributed by atoms with E-state index in [9.17, 15) is 0 Å². The summed E-state index contributed by atoms with van der Waals surface area (Å²) in [7, 11) is 0. The van der Waals surface area contributed by atoms with Gasteiger partial charge in [-0.25, -0.2) is 4.98 Å². The Bertz CT molecular complexity index is 1130. The van der Waals surface area contributed by atoms with E-state index in [1.807, 2.05) is 42.5 Å². The summed E-state index contributed by atoms with van der Waals surface area (Å²) in [6.45, 7) is 3.76. The zero-order valence-electron chi connectivity index (χ0n) is 16.4. The number of thiazole rings is 1. The van der Waals surface area contributed by atoms with Crippen LogP contribution in [0.4, 0.5) is 10.8 Å². The monoisotopic (exact) mass is 431 g/mol. The number of rotatable bonds is 7. The number of nitrogens with zero attached hydrogens (tertiary/aromatic N) is 1. The molecule has 0 saturated carbocycles. The molecule has 0 fully saturated rings. The third-order valence-electron chi connectivity index (χ3n) is 4.72. The summed E-state index contributed by atoms with van der Waals surface area (Å²) in [6, 6.07) is 26.5. The second kappa shape index (κ2) is 9.16. The van der Waals surface area contributed by atoms with Crippen LogP contribution in [0.2, 0.25) is 5.02 Å². The Labute approximate surface area is 185 Å². The standard InChI is InChI=1S/C25H22ClN3S/c1-17(27)7-8-18-9-15-22(16-10-18)28-25-29-23(19-11-13-21(26)14-12-19)24(30-25)20-5-3-2-4-6-20/h2-6,9-16H,1,7-8,27H2,(H,28,29). The zero-order chi connectivity index (χ0) is 20.9. The second-order valence-electron chi connectivity index (χ2n) is 7.05. The van der Waals surface area contributed by atoms with Crippen molar-refractivity contribution in [3.05, 3.63) is 102 Å². The average molecular weight is 432 g/mol. The summed E-state index contributed by atoms with van der Waals surface area (Å²) in [6.07, 6.45) is 1.69. The van der Waals surface area contributed by atoms with E-state index in [0.29, 0.717) is 10.7 Å². The van der Waals surface area contributed by atoms with Crippen molar-refractivity contribution in [2.45, 2.75) is 12.8 Å². The zero-order valence-corrected chi connectivity index (χ0v) is 18.0. The molecule has 3 N–H and O–H groups in total. The van der Waals surface area contributed by atoms with Crippen LogP contribution in [0.3, 0.4) is 0 Å². The number of hydrogen-bond donors (Lipinski definition) is 2. The highest BCUT2D eigenvalue weighted by Crippen LogP contribution is 2.40. The Hall–Kier alpha value is -3.08. The summed E-state index contributed by atoms with van der Waals surface area (Å²) in [5.41, 5.74) is 11.8. The second-order valence-corrected chi connectivity index (χ2v) is 8.49. The lowest BCUT2D eigenvalue weighted by atomic mass is 10.1. The van der Waals surface area contributed by atoms with Crippen molar-refractivity contribution < 1.29 is 0 Å². The number of nitrogens with one attached hydrogen (secondary N) is 1. The van der Waals surface area contributed by atoms with Crippen LogP contribution in [0.1, 0.15) is 12.0 Å². The van der Waals surface area contributed by atoms with Gasteiger partial charge in [0.2, 0.25) is 0 Å². The normalized spacial score (nSPS) is 10.7. The maximum Gasteiger partial charge on any atom is 0.188 e. The van der Waals surface area contributed by atoms with Crippen molar-refractivity contribution in [2.24, 2.45) is 5.73 Å². The number of hydrogen-bond acceptors (Lipinski definition) is 4. The lowest BCUT2D eigenvalue weighted by Crippen LogP contribution is -1.97. The molecule has 4 aromatic rings. The molecule has 0 saturated heterocycles. The summed E-state index contributed by atoms with van der Waals surface area (Å²) in [5, 5.41) is 5.01. The molecular formula is C25H22ClN3S. The molecule has 3 aromatic carbocycles. The van der Waals surface area contributed by atoms with Gasteiger partial charge in [0.05, 0.1) is 10.6 Å². The van der Waals surface area contributed by atoms with Crippen LogP contribution in [0.25, 0.3) is 21.7 Å². The molecule has 3 nitrogen and oxygen atoms in total. The molecule has 30 heavy (non-hydrogen) atoms. The molecule has 0 amide bonds. The Morgan fingerprint density at radius 2 is 1.63 bits per heavy atom. The highest BCUT2D eigenvalue weighted by molar-refractivity contribution is 7.19. The number of aryl methyl sites for hydroxylation is 1. The Morgan fingerprint density at radius 1 is 0.933 bits per heavy atom. The minimum Gasteiger partial charge on any atom is -0.403 e. The van der Waals surface area contributed by atoms with E-state index in [1.54, 1.807) is 11.3 Å². The van der Waals surface area contributed by atoms with E-state index >= 15 is 0 Å². The lowest BCUT2D eigenvalue weighted by molar-refractivity contribution is 0.932. The van der Waals surface area contributed by atoms with Crippen LogP contribution in [-0.4, -0.2) is 4.98 Å². The third kappa shape index (κ3) is 4.90. The SMILES string of the molecule is C=C(N)CCc1ccc(Nc2nc(-c3ccc(Cl)cc3)c(-c3ccccc3)s2)cc1. The van der Waals surface area contributed by atoms with Crippen LogP contribution in [0.5, 0.6) is 0 Å². The fourth-order valence-electron chi connectivity index (χ4n) is 3.15. The highest BCUT2D eigenvalue weighted by Gasteiger charge is 2.15. The van der Waals surface area contributed by atoms with Gasteiger partial charge in [0.15, 0.2) is 5.13 Å². The first kappa shape index (κ1) is 20.2. The topological polar surface area (TPSA) is 50.9 Å². The van der Waals surface area contributed by atoms with Crippen molar-refractivity contribution in [3.8, 4) is 21.7 Å². The van der Waals surface area contributed by atoms with Gasteiger partial charge in [-0.05, 0) is 48.2 Å². The molecule has 5 heteroatoms. The minimum atomic E-state index is 0.711. The highest BCUT2D eigenvalue weighted by atomic mass is 35.5. The molecule has 0 aliphatic heterocycles. The Balaban J connectivity index is 1.62. The maximum absolute atomic E-state index is 6.08. The van der Waals surface area contributed by atoms with E-state index in [4.69, 9.17) is 22.3 Å². The number of benzene rings is 3.